The van der Waals surface area contributed by atoms with E-state index in [1.54, 1.807) is 0 Å². The van der Waals surface area contributed by atoms with Crippen LogP contribution in [-0.2, 0) is 28.6 Å². The third-order valence-electron chi connectivity index (χ3n) is 14.4. The van der Waals surface area contributed by atoms with Crippen LogP contribution in [0.5, 0.6) is 0 Å². The molecule has 0 fully saturated rings. The van der Waals surface area contributed by atoms with E-state index in [-0.39, 0.29) is 37.5 Å². The van der Waals surface area contributed by atoms with Gasteiger partial charge in [0.1, 0.15) is 13.2 Å². The van der Waals surface area contributed by atoms with E-state index in [0.717, 1.165) is 77.0 Å². The van der Waals surface area contributed by atoms with Gasteiger partial charge in [-0.2, -0.15) is 0 Å². The van der Waals surface area contributed by atoms with Gasteiger partial charge in [-0.15, -0.1) is 0 Å². The van der Waals surface area contributed by atoms with Gasteiger partial charge >= 0.3 is 17.9 Å². The van der Waals surface area contributed by atoms with Crippen LogP contribution in [0.1, 0.15) is 329 Å². The number of hydrogen-bond acceptors (Lipinski definition) is 6. The van der Waals surface area contributed by atoms with E-state index in [0.29, 0.717) is 19.3 Å². The smallest absolute Gasteiger partial charge is 0.306 e. The molecule has 444 valence electrons. The number of carbonyl (C=O) groups is 3. The van der Waals surface area contributed by atoms with E-state index in [4.69, 9.17) is 14.2 Å². The van der Waals surface area contributed by atoms with Crippen molar-refractivity contribution in [2.24, 2.45) is 0 Å². The zero-order valence-corrected chi connectivity index (χ0v) is 51.0. The van der Waals surface area contributed by atoms with Crippen LogP contribution in [0.3, 0.4) is 0 Å². The van der Waals surface area contributed by atoms with Crippen LogP contribution in [0.2, 0.25) is 0 Å². The maximum Gasteiger partial charge on any atom is 0.306 e. The Bertz CT molecular complexity index is 1470. The van der Waals surface area contributed by atoms with Crippen LogP contribution in [0.4, 0.5) is 0 Å². The molecule has 0 aliphatic carbocycles. The molecule has 1 atom stereocenters. The van der Waals surface area contributed by atoms with Gasteiger partial charge in [0.05, 0.1) is 0 Å². The van der Waals surface area contributed by atoms with E-state index in [1.807, 2.05) is 6.08 Å². The molecule has 0 saturated carbocycles. The molecule has 0 spiro atoms. The lowest BCUT2D eigenvalue weighted by Crippen LogP contribution is -2.30. The summed E-state index contributed by atoms with van der Waals surface area (Å²) in [5.74, 6) is -0.975. The highest BCUT2D eigenvalue weighted by Gasteiger charge is 2.19. The van der Waals surface area contributed by atoms with Gasteiger partial charge in [0.15, 0.2) is 6.10 Å². The lowest BCUT2D eigenvalue weighted by Gasteiger charge is -2.18. The summed E-state index contributed by atoms with van der Waals surface area (Å²) in [6.45, 7) is 6.51. The minimum atomic E-state index is -0.818. The molecular formula is C71H124O6. The number of ether oxygens (including phenoxy) is 3. The number of unbranched alkanes of at least 4 members (excludes halogenated alkanes) is 35. The van der Waals surface area contributed by atoms with Crippen LogP contribution in [0.25, 0.3) is 0 Å². The summed E-state index contributed by atoms with van der Waals surface area (Å²) in [7, 11) is 0. The topological polar surface area (TPSA) is 78.9 Å². The molecule has 0 bridgehead atoms. The van der Waals surface area contributed by atoms with Gasteiger partial charge < -0.3 is 14.2 Å². The van der Waals surface area contributed by atoms with Crippen molar-refractivity contribution in [2.45, 2.75) is 335 Å². The molecule has 0 N–H and O–H groups in total. The summed E-state index contributed by atoms with van der Waals surface area (Å²) in [5, 5.41) is 0. The Balaban J connectivity index is 4.44. The highest BCUT2D eigenvalue weighted by molar-refractivity contribution is 5.71. The Hall–Kier alpha value is -3.41. The molecule has 6 heteroatoms. The van der Waals surface area contributed by atoms with Gasteiger partial charge in [-0.3, -0.25) is 14.4 Å². The largest absolute Gasteiger partial charge is 0.462 e. The summed E-state index contributed by atoms with van der Waals surface area (Å²) in [6, 6.07) is 0. The van der Waals surface area contributed by atoms with Gasteiger partial charge in [0.2, 0.25) is 0 Å². The predicted octanol–water partition coefficient (Wildman–Crippen LogP) is 22.7. The van der Waals surface area contributed by atoms with Gasteiger partial charge in [0, 0.05) is 19.3 Å². The minimum absolute atomic E-state index is 0.104. The second kappa shape index (κ2) is 65.1. The third-order valence-corrected chi connectivity index (χ3v) is 14.4. The van der Waals surface area contributed by atoms with Crippen molar-refractivity contribution >= 4 is 17.9 Å². The summed E-state index contributed by atoms with van der Waals surface area (Å²) >= 11 is 0. The second-order valence-electron chi connectivity index (χ2n) is 22.0. The van der Waals surface area contributed by atoms with E-state index >= 15 is 0 Å². The fourth-order valence-corrected chi connectivity index (χ4v) is 9.47. The lowest BCUT2D eigenvalue weighted by molar-refractivity contribution is -0.166. The lowest BCUT2D eigenvalue weighted by atomic mass is 10.0. The first-order valence-corrected chi connectivity index (χ1v) is 33.1. The van der Waals surface area contributed by atoms with E-state index in [1.165, 1.54) is 205 Å². The first-order chi connectivity index (χ1) is 38.0. The SMILES string of the molecule is CC/C=C\C/C=C\C/C=C\C/C=C\C/C=C\C/C=C\CCC(=O)OC(COC(=O)CCCCCCCCCCC/C=C\CCCCCCCC)COC(=O)CCCCCCCCCCCCCCCCCCCCCCC. The molecule has 0 aromatic rings. The standard InChI is InChI=1S/C71H124O6/c1-4-7-10-13-16-19-22-25-28-31-34-35-38-40-43-46-49-52-55-58-61-64-70(73)76-67-68(77-71(74)65-62-59-56-53-50-47-44-41-37-33-30-27-24-21-18-15-12-9-6-3)66-75-69(72)63-60-57-54-51-48-45-42-39-36-32-29-26-23-20-17-14-11-8-5-2/h9,12,18,21,26-27,29-30,37,41,47,50,56,59,68H,4-8,10-11,13-17,19-20,22-25,28,31-36,38-40,42-46,48-49,51-55,57-58,60-67H2,1-3H3/b12-9-,21-18-,29-26-,30-27-,41-37-,50-47-,59-56-. The van der Waals surface area contributed by atoms with Crippen molar-refractivity contribution in [3.8, 4) is 0 Å². The molecule has 0 heterocycles. The Morgan fingerprint density at radius 2 is 0.532 bits per heavy atom. The molecule has 0 aliphatic heterocycles. The summed E-state index contributed by atoms with van der Waals surface area (Å²) in [5.41, 5.74) is 0. The predicted molar refractivity (Wildman–Crippen MR) is 334 cm³/mol. The molecule has 6 nitrogen and oxygen atoms in total. The molecule has 0 aliphatic rings. The molecule has 77 heavy (non-hydrogen) atoms. The molecular weight excluding hydrogens is 949 g/mol. The molecule has 0 rings (SSSR count). The molecule has 0 aromatic carbocycles. The first-order valence-electron chi connectivity index (χ1n) is 33.1. The number of esters is 3. The number of carbonyl (C=O) groups excluding carboxylic acids is 3. The van der Waals surface area contributed by atoms with Crippen LogP contribution in [0, 0.1) is 0 Å². The second-order valence-corrected chi connectivity index (χ2v) is 22.0. The van der Waals surface area contributed by atoms with Gasteiger partial charge in [-0.1, -0.05) is 311 Å². The zero-order chi connectivity index (χ0) is 55.7. The Labute approximate surface area is 477 Å². The zero-order valence-electron chi connectivity index (χ0n) is 51.0. The highest BCUT2D eigenvalue weighted by Crippen LogP contribution is 2.17. The third kappa shape index (κ3) is 63.3. The van der Waals surface area contributed by atoms with Crippen LogP contribution >= 0.6 is 0 Å². The van der Waals surface area contributed by atoms with Crippen molar-refractivity contribution in [3.63, 3.8) is 0 Å². The maximum atomic E-state index is 12.9. The van der Waals surface area contributed by atoms with Crippen LogP contribution < -0.4 is 0 Å². The van der Waals surface area contributed by atoms with Crippen molar-refractivity contribution in [3.05, 3.63) is 85.1 Å². The Kier molecular flexibility index (Phi) is 62.2. The first kappa shape index (κ1) is 73.6. The maximum absolute atomic E-state index is 12.9. The normalized spacial score (nSPS) is 12.6. The van der Waals surface area contributed by atoms with Crippen molar-refractivity contribution in [1.82, 2.24) is 0 Å². The molecule has 0 saturated heterocycles. The highest BCUT2D eigenvalue weighted by atomic mass is 16.6. The van der Waals surface area contributed by atoms with E-state index in [9.17, 15) is 14.4 Å². The van der Waals surface area contributed by atoms with Gasteiger partial charge in [0.25, 0.3) is 0 Å². The molecule has 0 amide bonds. The van der Waals surface area contributed by atoms with Crippen LogP contribution in [0.15, 0.2) is 85.1 Å². The van der Waals surface area contributed by atoms with Gasteiger partial charge in [-0.25, -0.2) is 0 Å². The van der Waals surface area contributed by atoms with E-state index in [2.05, 4.69) is 99.8 Å². The fourth-order valence-electron chi connectivity index (χ4n) is 9.47. The molecule has 0 radical (unpaired) electrons. The number of allylic oxidation sites excluding steroid dienone is 14. The van der Waals surface area contributed by atoms with Gasteiger partial charge in [-0.05, 0) is 83.5 Å². The quantitative estimate of drug-likeness (QED) is 0.0261. The van der Waals surface area contributed by atoms with Crippen LogP contribution in [-0.4, -0.2) is 37.2 Å². The Morgan fingerprint density at radius 3 is 0.844 bits per heavy atom. The van der Waals surface area contributed by atoms with Crippen molar-refractivity contribution < 1.29 is 28.6 Å². The number of rotatable bonds is 60. The monoisotopic (exact) mass is 1070 g/mol. The fraction of sp³-hybridized carbons (Fsp3) is 0.761. The van der Waals surface area contributed by atoms with Crippen molar-refractivity contribution in [2.75, 3.05) is 13.2 Å². The molecule has 0 aromatic heterocycles. The average molecular weight is 1070 g/mol. The summed E-state index contributed by atoms with van der Waals surface area (Å²) in [6.07, 6.45) is 86.1. The summed E-state index contributed by atoms with van der Waals surface area (Å²) in [4.78, 5) is 38.3. The number of hydrogen-bond donors (Lipinski definition) is 0. The summed E-state index contributed by atoms with van der Waals surface area (Å²) < 4.78 is 16.9. The van der Waals surface area contributed by atoms with E-state index < -0.39 is 6.10 Å². The average Bonchev–Trinajstić information content (AvgIpc) is 3.43. The molecule has 1 unspecified atom stereocenters. The van der Waals surface area contributed by atoms with Crippen molar-refractivity contribution in [1.29, 1.82) is 0 Å². The Morgan fingerprint density at radius 1 is 0.273 bits per heavy atom. The minimum Gasteiger partial charge on any atom is -0.462 e.